The van der Waals surface area contributed by atoms with Gasteiger partial charge in [0, 0.05) is 0 Å². The van der Waals surface area contributed by atoms with Crippen molar-refractivity contribution in [3.05, 3.63) is 138 Å². The van der Waals surface area contributed by atoms with Crippen LogP contribution in [0.3, 0.4) is 0 Å². The largest absolute Gasteiger partial charge is 4.00 e. The molecule has 0 spiro atoms. The maximum atomic E-state index is 2.42. The van der Waals surface area contributed by atoms with E-state index >= 15 is 0 Å². The van der Waals surface area contributed by atoms with Crippen LogP contribution in [0.2, 0.25) is 0 Å². The van der Waals surface area contributed by atoms with Crippen LogP contribution in [0, 0.1) is 20.8 Å². The second-order valence-corrected chi connectivity index (χ2v) is 12.8. The van der Waals surface area contributed by atoms with E-state index in [1.165, 1.54) is 48.6 Å². The Kier molecular flexibility index (Phi) is 12.7. The number of aryl methyl sites for hydroxylation is 3. The third-order valence-corrected chi connectivity index (χ3v) is 11.4. The van der Waals surface area contributed by atoms with Crippen molar-refractivity contribution < 1.29 is 58.9 Å². The van der Waals surface area contributed by atoms with Crippen molar-refractivity contribution in [2.75, 3.05) is 0 Å². The van der Waals surface area contributed by atoms with E-state index in [4.69, 9.17) is 0 Å². The topological polar surface area (TPSA) is 0 Å². The van der Waals surface area contributed by atoms with Gasteiger partial charge >= 0.3 is 21.7 Å². The third-order valence-electron chi connectivity index (χ3n) is 6.66. The molecule has 0 atom stereocenters. The van der Waals surface area contributed by atoms with Crippen LogP contribution in [0.4, 0.5) is 0 Å². The van der Waals surface area contributed by atoms with Crippen molar-refractivity contribution >= 4 is 28.8 Å². The molecule has 0 aromatic heterocycles. The second-order valence-electron chi connectivity index (χ2n) is 9.08. The molecule has 0 radical (unpaired) electrons. The molecule has 186 valence electrons. The van der Waals surface area contributed by atoms with Gasteiger partial charge in [-0.3, -0.25) is 0 Å². The Hall–Kier alpha value is -1.97. The van der Waals surface area contributed by atoms with Gasteiger partial charge < -0.3 is 37.2 Å². The molecule has 0 fully saturated rings. The Bertz CT molecular complexity index is 1300. The summed E-state index contributed by atoms with van der Waals surface area (Å²) in [5.74, 6) is 0. The predicted octanol–water partition coefficient (Wildman–Crippen LogP) is -3.62. The molecule has 0 aliphatic rings. The number of hydrogen-bond acceptors (Lipinski definition) is 0. The molecule has 5 heteroatoms. The minimum Gasteiger partial charge on any atom is -1.00 e. The van der Waals surface area contributed by atoms with E-state index in [1.54, 1.807) is 0 Å². The van der Waals surface area contributed by atoms with Gasteiger partial charge in [0.15, 0.2) is 0 Å². The number of hydrogen-bond donors (Lipinski definition) is 0. The molecule has 5 aromatic carbocycles. The summed E-state index contributed by atoms with van der Waals surface area (Å²) in [6, 6.07) is 45.4. The van der Waals surface area contributed by atoms with E-state index in [-0.39, 0.29) is 58.9 Å². The number of rotatable bonds is 5. The summed E-state index contributed by atoms with van der Waals surface area (Å²) < 4.78 is 0. The summed E-state index contributed by atoms with van der Waals surface area (Å²) in [5, 5.41) is 5.75. The second kappa shape index (κ2) is 14.3. The number of benzene rings is 4. The van der Waals surface area contributed by atoms with Crippen LogP contribution < -0.4 is 58.0 Å². The molecular formula is C32H29Cl3SiTi. The molecule has 37 heavy (non-hydrogen) atoms. The summed E-state index contributed by atoms with van der Waals surface area (Å²) in [4.78, 5) is 0. The Balaban J connectivity index is 0.00000171. The van der Waals surface area contributed by atoms with Crippen LogP contribution in [0.15, 0.2) is 121 Å². The molecule has 0 amide bonds. The van der Waals surface area contributed by atoms with E-state index < -0.39 is 8.07 Å². The first-order valence-electron chi connectivity index (χ1n) is 11.6. The van der Waals surface area contributed by atoms with Crippen LogP contribution >= 0.6 is 0 Å². The molecule has 0 aliphatic carbocycles. The smallest absolute Gasteiger partial charge is 1.00 e. The molecule has 0 heterocycles. The van der Waals surface area contributed by atoms with Gasteiger partial charge in [-0.1, -0.05) is 135 Å². The van der Waals surface area contributed by atoms with Crippen LogP contribution in [0.5, 0.6) is 0 Å². The Labute approximate surface area is 256 Å². The maximum absolute atomic E-state index is 2.57. The minimum atomic E-state index is -2.57. The van der Waals surface area contributed by atoms with Gasteiger partial charge in [0.1, 0.15) is 8.07 Å². The van der Waals surface area contributed by atoms with Crippen LogP contribution in [0.25, 0.3) is 11.1 Å². The van der Waals surface area contributed by atoms with Gasteiger partial charge in [-0.25, -0.2) is 0 Å². The van der Waals surface area contributed by atoms with Gasteiger partial charge in [0.05, 0.1) is 0 Å². The first-order chi connectivity index (χ1) is 16.1. The zero-order valence-electron chi connectivity index (χ0n) is 21.2. The van der Waals surface area contributed by atoms with Gasteiger partial charge in [-0.15, -0.1) is 16.3 Å². The fourth-order valence-corrected chi connectivity index (χ4v) is 10.5. The Morgan fingerprint density at radius 3 is 1.32 bits per heavy atom. The third kappa shape index (κ3) is 6.37. The quantitative estimate of drug-likeness (QED) is 0.112. The zero-order chi connectivity index (χ0) is 22.8. The van der Waals surface area contributed by atoms with E-state index in [0.29, 0.717) is 0 Å². The molecule has 5 rings (SSSR count). The van der Waals surface area contributed by atoms with Crippen LogP contribution in [-0.4, -0.2) is 8.07 Å². The molecule has 0 bridgehead atoms. The summed E-state index contributed by atoms with van der Waals surface area (Å²) in [6.07, 6.45) is 0. The SMILES string of the molecule is Cc1cccc([Si](c2cccc(C)c2)(c2cccc(C)c2)[c-]2cccc2-c2ccccc2)c1.[Cl-].[Cl-].[Cl-].[Ti+4]. The fourth-order valence-electron chi connectivity index (χ4n) is 5.22. The molecule has 5 aromatic rings. The first kappa shape index (κ1) is 33.1. The molecule has 0 nitrogen and oxygen atoms in total. The molecule has 0 aliphatic heterocycles. The molecule has 0 saturated heterocycles. The van der Waals surface area contributed by atoms with E-state index in [1.807, 2.05) is 0 Å². The van der Waals surface area contributed by atoms with Crippen LogP contribution in [-0.2, 0) is 21.7 Å². The van der Waals surface area contributed by atoms with E-state index in [0.717, 1.165) is 0 Å². The van der Waals surface area contributed by atoms with Gasteiger partial charge in [0.2, 0.25) is 0 Å². The van der Waals surface area contributed by atoms with Gasteiger partial charge in [-0.05, 0) is 20.8 Å². The Morgan fingerprint density at radius 1 is 0.486 bits per heavy atom. The average molecular weight is 596 g/mol. The zero-order valence-corrected chi connectivity index (χ0v) is 26.0. The molecule has 0 N–H and O–H groups in total. The summed E-state index contributed by atoms with van der Waals surface area (Å²) in [6.45, 7) is 6.62. The number of halogens is 3. The van der Waals surface area contributed by atoms with Crippen molar-refractivity contribution in [1.29, 1.82) is 0 Å². The van der Waals surface area contributed by atoms with Crippen molar-refractivity contribution in [2.45, 2.75) is 20.8 Å². The van der Waals surface area contributed by atoms with Crippen molar-refractivity contribution in [1.82, 2.24) is 0 Å². The summed E-state index contributed by atoms with van der Waals surface area (Å²) >= 11 is 0. The summed E-state index contributed by atoms with van der Waals surface area (Å²) in [5.41, 5.74) is 6.53. The van der Waals surface area contributed by atoms with Crippen molar-refractivity contribution in [2.24, 2.45) is 0 Å². The predicted molar refractivity (Wildman–Crippen MR) is 145 cm³/mol. The van der Waals surface area contributed by atoms with Crippen LogP contribution in [0.1, 0.15) is 16.7 Å². The molecule has 0 unspecified atom stereocenters. The minimum absolute atomic E-state index is 0. The molecular weight excluding hydrogens is 567 g/mol. The Morgan fingerprint density at radius 2 is 0.919 bits per heavy atom. The first-order valence-corrected chi connectivity index (χ1v) is 13.6. The van der Waals surface area contributed by atoms with E-state index in [9.17, 15) is 0 Å². The summed E-state index contributed by atoms with van der Waals surface area (Å²) in [7, 11) is -2.57. The van der Waals surface area contributed by atoms with Gasteiger partial charge in [-0.2, -0.15) is 18.2 Å². The van der Waals surface area contributed by atoms with Crippen molar-refractivity contribution in [3.8, 4) is 11.1 Å². The normalized spacial score (nSPS) is 10.2. The van der Waals surface area contributed by atoms with E-state index in [2.05, 4.69) is 142 Å². The fraction of sp³-hybridized carbons (Fsp3) is 0.0938. The monoisotopic (exact) mass is 594 g/mol. The molecule has 0 saturated carbocycles. The maximum Gasteiger partial charge on any atom is 4.00 e. The average Bonchev–Trinajstić information content (AvgIpc) is 3.31. The van der Waals surface area contributed by atoms with Gasteiger partial charge in [0.25, 0.3) is 0 Å². The van der Waals surface area contributed by atoms with Crippen molar-refractivity contribution in [3.63, 3.8) is 0 Å². The standard InChI is InChI=1S/C32H29Si.3ClH.Ti/c1-24-11-7-16-28(21-24)33(29-17-8-12-25(2)22-29,30-18-9-13-26(3)23-30)32-20-10-19-31(32)27-14-5-4-6-15-27;;;;/h4-23H,1-3H3;3*1H;/q-1;;;;+4/p-3.